The molecule has 4 atom stereocenters. The van der Waals surface area contributed by atoms with Crippen LogP contribution in [0.4, 0.5) is 10.2 Å². The van der Waals surface area contributed by atoms with Gasteiger partial charge in [-0.15, -0.1) is 0 Å². The summed E-state index contributed by atoms with van der Waals surface area (Å²) in [6.45, 7) is 0.937. The van der Waals surface area contributed by atoms with Crippen molar-refractivity contribution < 1.29 is 13.9 Å². The number of anilines is 1. The maximum absolute atomic E-state index is 14.1. The summed E-state index contributed by atoms with van der Waals surface area (Å²) < 4.78 is 20.0. The average molecular weight is 457 g/mol. The smallest absolute Gasteiger partial charge is 0.229 e. The fourth-order valence-corrected chi connectivity index (χ4v) is 4.44. The minimum atomic E-state index is -1.11. The highest BCUT2D eigenvalue weighted by Gasteiger charge is 2.43. The van der Waals surface area contributed by atoms with Crippen molar-refractivity contribution in [2.24, 2.45) is 5.92 Å². The Kier molecular flexibility index (Phi) is 6.24. The molecule has 172 valence electrons. The molecule has 2 aliphatic rings. The first-order valence-corrected chi connectivity index (χ1v) is 11.5. The summed E-state index contributed by atoms with van der Waals surface area (Å²) >= 11 is 0. The zero-order valence-corrected chi connectivity index (χ0v) is 18.6. The Morgan fingerprint density at radius 3 is 2.76 bits per heavy atom. The summed E-state index contributed by atoms with van der Waals surface area (Å²) in [5.41, 5.74) is 3.13. The van der Waals surface area contributed by atoms with E-state index in [0.717, 1.165) is 17.5 Å². The van der Waals surface area contributed by atoms with E-state index in [-0.39, 0.29) is 24.3 Å². The van der Waals surface area contributed by atoms with Crippen LogP contribution in [-0.4, -0.2) is 36.3 Å². The second-order valence-corrected chi connectivity index (χ2v) is 8.77. The molecule has 3 aromatic rings. The van der Waals surface area contributed by atoms with Gasteiger partial charge >= 0.3 is 0 Å². The predicted octanol–water partition coefficient (Wildman–Crippen LogP) is 4.44. The van der Waals surface area contributed by atoms with Crippen LogP contribution in [0.25, 0.3) is 11.1 Å². The van der Waals surface area contributed by atoms with Crippen LogP contribution in [0.2, 0.25) is 0 Å². The van der Waals surface area contributed by atoms with Crippen LogP contribution < -0.4 is 15.4 Å². The van der Waals surface area contributed by atoms with Gasteiger partial charge in [-0.05, 0) is 66.3 Å². The summed E-state index contributed by atoms with van der Waals surface area (Å²) in [6, 6.07) is 21.1. The molecule has 1 amide bonds. The van der Waals surface area contributed by atoms with E-state index in [9.17, 15) is 14.4 Å². The zero-order valence-electron chi connectivity index (χ0n) is 18.6. The lowest BCUT2D eigenvalue weighted by Gasteiger charge is -2.27. The fraction of sp³-hybridized carbons (Fsp3) is 0.296. The highest BCUT2D eigenvalue weighted by molar-refractivity contribution is 5.95. The normalized spacial score (nSPS) is 23.5. The third-order valence-corrected chi connectivity index (χ3v) is 6.43. The first kappa shape index (κ1) is 22.1. The monoisotopic (exact) mass is 456 g/mol. The number of nitriles is 1. The lowest BCUT2D eigenvalue weighted by molar-refractivity contribution is -0.117. The maximum Gasteiger partial charge on any atom is 0.229 e. The molecule has 0 radical (unpaired) electrons. The third kappa shape index (κ3) is 4.78. The van der Waals surface area contributed by atoms with Crippen LogP contribution in [-0.2, 0) is 4.79 Å². The number of nitrogens with one attached hydrogen (secondary N) is 2. The SMILES string of the molecule is N#Cc1cc(-c2ccnc(NC(=O)C3CC3c3ccccc3)c2)ccc1O[C@H]1CCNC[C@H]1F. The molecule has 1 saturated carbocycles. The van der Waals surface area contributed by atoms with E-state index in [1.54, 1.807) is 24.4 Å². The first-order valence-electron chi connectivity index (χ1n) is 11.5. The van der Waals surface area contributed by atoms with Crippen molar-refractivity contribution >= 4 is 11.7 Å². The molecule has 1 aromatic heterocycles. The van der Waals surface area contributed by atoms with Gasteiger partial charge in [-0.3, -0.25) is 4.79 Å². The van der Waals surface area contributed by atoms with E-state index < -0.39 is 12.3 Å². The standard InChI is InChI=1S/C27H25FN4O2/c28-23-16-30-10-9-25(23)34-24-7-6-18(12-20(24)15-29)19-8-11-31-26(13-19)32-27(33)22-14-21(22)17-4-2-1-3-5-17/h1-8,11-13,21-23,25,30H,9-10,14,16H2,(H,31,32,33)/t21?,22?,23-,25+/m1/s1. The number of carbonyl (C=O) groups excluding carboxylic acids is 1. The molecule has 5 rings (SSSR count). The maximum atomic E-state index is 14.1. The van der Waals surface area contributed by atoms with Crippen molar-refractivity contribution in [2.75, 3.05) is 18.4 Å². The van der Waals surface area contributed by atoms with Crippen LogP contribution >= 0.6 is 0 Å². The Morgan fingerprint density at radius 1 is 1.15 bits per heavy atom. The lowest BCUT2D eigenvalue weighted by Crippen LogP contribution is -2.44. The number of benzene rings is 2. The second kappa shape index (κ2) is 9.62. The van der Waals surface area contributed by atoms with Gasteiger partial charge in [0, 0.05) is 18.7 Å². The number of hydrogen-bond donors (Lipinski definition) is 2. The van der Waals surface area contributed by atoms with Crippen LogP contribution in [0.1, 0.15) is 29.9 Å². The molecule has 2 unspecified atom stereocenters. The minimum Gasteiger partial charge on any atom is -0.486 e. The molecule has 1 saturated heterocycles. The van der Waals surface area contributed by atoms with Gasteiger partial charge in [0.15, 0.2) is 0 Å². The molecule has 1 aliphatic carbocycles. The van der Waals surface area contributed by atoms with Gasteiger partial charge in [0.1, 0.15) is 29.9 Å². The number of nitrogens with zero attached hydrogens (tertiary/aromatic N) is 2. The Bertz CT molecular complexity index is 1230. The third-order valence-electron chi connectivity index (χ3n) is 6.43. The number of carbonyl (C=O) groups is 1. The number of aromatic nitrogens is 1. The molecule has 2 heterocycles. The molecule has 2 aromatic carbocycles. The molecule has 1 aliphatic heterocycles. The van der Waals surface area contributed by atoms with Crippen LogP contribution in [0.15, 0.2) is 66.9 Å². The summed E-state index contributed by atoms with van der Waals surface area (Å²) in [4.78, 5) is 17.0. The number of halogens is 1. The fourth-order valence-electron chi connectivity index (χ4n) is 4.44. The Morgan fingerprint density at radius 2 is 1.97 bits per heavy atom. The lowest BCUT2D eigenvalue weighted by atomic mass is 10.0. The molecule has 2 N–H and O–H groups in total. The van der Waals surface area contributed by atoms with Gasteiger partial charge in [0.25, 0.3) is 0 Å². The van der Waals surface area contributed by atoms with E-state index in [0.29, 0.717) is 30.1 Å². The molecule has 0 spiro atoms. The van der Waals surface area contributed by atoms with Gasteiger partial charge in [-0.25, -0.2) is 9.37 Å². The van der Waals surface area contributed by atoms with Gasteiger partial charge in [-0.2, -0.15) is 5.26 Å². The van der Waals surface area contributed by atoms with E-state index in [1.165, 1.54) is 5.56 Å². The van der Waals surface area contributed by atoms with E-state index >= 15 is 0 Å². The van der Waals surface area contributed by atoms with Crippen LogP contribution in [0, 0.1) is 17.2 Å². The average Bonchev–Trinajstić information content (AvgIpc) is 3.68. The number of rotatable bonds is 6. The highest BCUT2D eigenvalue weighted by atomic mass is 19.1. The summed E-state index contributed by atoms with van der Waals surface area (Å²) in [5.74, 6) is 1.00. The number of ether oxygens (including phenoxy) is 1. The van der Waals surface area contributed by atoms with Crippen LogP contribution in [0.3, 0.4) is 0 Å². The van der Waals surface area contributed by atoms with Gasteiger partial charge in [0.2, 0.25) is 5.91 Å². The van der Waals surface area contributed by atoms with E-state index in [1.807, 2.05) is 30.3 Å². The van der Waals surface area contributed by atoms with Crippen molar-refractivity contribution in [1.82, 2.24) is 10.3 Å². The van der Waals surface area contributed by atoms with Crippen molar-refractivity contribution in [3.8, 4) is 22.9 Å². The summed E-state index contributed by atoms with van der Waals surface area (Å²) in [6.07, 6.45) is 1.33. The molecule has 2 fully saturated rings. The number of amides is 1. The topological polar surface area (TPSA) is 87.0 Å². The minimum absolute atomic E-state index is 0.0392. The Hall–Kier alpha value is -3.76. The summed E-state index contributed by atoms with van der Waals surface area (Å²) in [5, 5.41) is 15.6. The molecule has 0 bridgehead atoms. The van der Waals surface area contributed by atoms with Crippen molar-refractivity contribution in [3.63, 3.8) is 0 Å². The largest absolute Gasteiger partial charge is 0.486 e. The van der Waals surface area contributed by atoms with E-state index in [4.69, 9.17) is 4.74 Å². The molecular weight excluding hydrogens is 431 g/mol. The number of pyridine rings is 1. The van der Waals surface area contributed by atoms with Crippen LogP contribution in [0.5, 0.6) is 5.75 Å². The second-order valence-electron chi connectivity index (χ2n) is 8.77. The predicted molar refractivity (Wildman–Crippen MR) is 127 cm³/mol. The van der Waals surface area contributed by atoms with Crippen molar-refractivity contribution in [3.05, 3.63) is 78.0 Å². The summed E-state index contributed by atoms with van der Waals surface area (Å²) in [7, 11) is 0. The number of piperidine rings is 1. The van der Waals surface area contributed by atoms with E-state index in [2.05, 4.69) is 33.8 Å². The van der Waals surface area contributed by atoms with Crippen molar-refractivity contribution in [2.45, 2.75) is 31.0 Å². The number of alkyl halides is 1. The van der Waals surface area contributed by atoms with Gasteiger partial charge in [-0.1, -0.05) is 36.4 Å². The van der Waals surface area contributed by atoms with Gasteiger partial charge in [0.05, 0.1) is 5.56 Å². The van der Waals surface area contributed by atoms with Crippen molar-refractivity contribution in [1.29, 1.82) is 5.26 Å². The zero-order chi connectivity index (χ0) is 23.5. The molecule has 34 heavy (non-hydrogen) atoms. The number of hydrogen-bond acceptors (Lipinski definition) is 5. The molecular formula is C27H25FN4O2. The Balaban J connectivity index is 1.28. The molecule has 6 nitrogen and oxygen atoms in total. The Labute approximate surface area is 197 Å². The highest BCUT2D eigenvalue weighted by Crippen LogP contribution is 2.47. The quantitative estimate of drug-likeness (QED) is 0.573. The van der Waals surface area contributed by atoms with Gasteiger partial charge < -0.3 is 15.4 Å². The molecule has 7 heteroatoms. The first-order chi connectivity index (χ1) is 16.6.